The molecule has 0 aliphatic heterocycles. The van der Waals surface area contributed by atoms with Gasteiger partial charge in [-0.25, -0.2) is 0 Å². The first kappa shape index (κ1) is 20.0. The van der Waals surface area contributed by atoms with Crippen LogP contribution in [0, 0.1) is 0 Å². The summed E-state index contributed by atoms with van der Waals surface area (Å²) in [6.07, 6.45) is 25.1. The molecule has 0 radical (unpaired) electrons. The quantitative estimate of drug-likeness (QED) is 0.382. The van der Waals surface area contributed by atoms with E-state index < -0.39 is 18.4 Å². The fourth-order valence-corrected chi connectivity index (χ4v) is 30.9. The monoisotopic (exact) mass is 472 g/mol. The molecule has 148 valence electrons. The maximum atomic E-state index is 4.01. The van der Waals surface area contributed by atoms with Crippen LogP contribution in [-0.4, -0.2) is 18.4 Å². The van der Waals surface area contributed by atoms with Crippen molar-refractivity contribution in [1.29, 1.82) is 0 Å². The number of rotatable bonds is 5. The Hall–Kier alpha value is -0.241. The van der Waals surface area contributed by atoms with Crippen molar-refractivity contribution in [3.63, 3.8) is 0 Å². The Bertz CT molecular complexity index is 538. The third kappa shape index (κ3) is 4.07. The van der Waals surface area contributed by atoms with Crippen molar-refractivity contribution in [1.82, 2.24) is 0 Å². The Kier molecular flexibility index (Phi) is 7.06. The van der Waals surface area contributed by atoms with Crippen LogP contribution in [0.5, 0.6) is 0 Å². The molecule has 3 saturated carbocycles. The van der Waals surface area contributed by atoms with Crippen molar-refractivity contribution < 1.29 is 0 Å². The summed E-state index contributed by atoms with van der Waals surface area (Å²) in [5.74, 6) is 0. The zero-order valence-electron chi connectivity index (χ0n) is 17.4. The zero-order chi connectivity index (χ0) is 18.5. The standard InChI is InChI=1S/C8H7.3C6H11.Sn/c1-2-8-6-4-3-5-7-8;3*1-2-4-6-5-3-1;/h2,4-7H,1H2;3*1H,2-6H2;. The summed E-state index contributed by atoms with van der Waals surface area (Å²) in [6, 6.07) is 10.0. The van der Waals surface area contributed by atoms with Crippen LogP contribution in [0.2, 0.25) is 11.8 Å². The Morgan fingerprint density at radius 1 is 0.593 bits per heavy atom. The van der Waals surface area contributed by atoms with E-state index in [4.69, 9.17) is 0 Å². The van der Waals surface area contributed by atoms with Gasteiger partial charge in [0, 0.05) is 0 Å². The average molecular weight is 471 g/mol. The van der Waals surface area contributed by atoms with E-state index in [0.717, 1.165) is 11.8 Å². The van der Waals surface area contributed by atoms with Gasteiger partial charge in [-0.15, -0.1) is 0 Å². The number of benzene rings is 1. The molecule has 1 aromatic rings. The van der Waals surface area contributed by atoms with Crippen molar-refractivity contribution in [3.05, 3.63) is 36.4 Å². The van der Waals surface area contributed by atoms with Gasteiger partial charge >= 0.3 is 173 Å². The van der Waals surface area contributed by atoms with Crippen LogP contribution in [0.4, 0.5) is 0 Å². The predicted octanol–water partition coefficient (Wildman–Crippen LogP) is 7.99. The maximum absolute atomic E-state index is 4.01. The summed E-state index contributed by atoms with van der Waals surface area (Å²) in [5, 5.41) is 0. The predicted molar refractivity (Wildman–Crippen MR) is 122 cm³/mol. The molecular formula is C26H40Sn. The summed E-state index contributed by atoms with van der Waals surface area (Å²) in [6.45, 7) is 4.01. The first-order valence-electron chi connectivity index (χ1n) is 12.1. The molecule has 0 nitrogen and oxygen atoms in total. The molecule has 0 N–H and O–H groups in total. The van der Waals surface area contributed by atoms with Crippen LogP contribution in [0.1, 0.15) is 102 Å². The first-order valence-corrected chi connectivity index (χ1v) is 18.5. The van der Waals surface area contributed by atoms with Gasteiger partial charge in [-0.05, 0) is 0 Å². The summed E-state index contributed by atoms with van der Waals surface area (Å²) >= 11 is -2.56. The van der Waals surface area contributed by atoms with Crippen molar-refractivity contribution in [2.45, 2.75) is 108 Å². The van der Waals surface area contributed by atoms with E-state index >= 15 is 0 Å². The molecular weight excluding hydrogens is 431 g/mol. The molecule has 1 heteroatoms. The second kappa shape index (κ2) is 9.50. The van der Waals surface area contributed by atoms with E-state index in [9.17, 15) is 0 Å². The molecule has 0 saturated heterocycles. The fraction of sp³-hybridized carbons (Fsp3) is 0.692. The minimum absolute atomic E-state index is 1.13. The molecule has 0 bridgehead atoms. The zero-order valence-corrected chi connectivity index (χ0v) is 20.3. The van der Waals surface area contributed by atoms with E-state index in [0.29, 0.717) is 0 Å². The molecule has 27 heavy (non-hydrogen) atoms. The molecule has 0 heterocycles. The van der Waals surface area contributed by atoms with Crippen molar-refractivity contribution >= 4 is 28.0 Å². The Balaban J connectivity index is 1.81. The van der Waals surface area contributed by atoms with Gasteiger partial charge in [-0.1, -0.05) is 0 Å². The van der Waals surface area contributed by atoms with E-state index in [-0.39, 0.29) is 0 Å². The number of hydrogen-bond acceptors (Lipinski definition) is 0. The Labute approximate surface area is 172 Å². The third-order valence-electron chi connectivity index (χ3n) is 8.49. The van der Waals surface area contributed by atoms with Crippen molar-refractivity contribution in [2.24, 2.45) is 0 Å². The van der Waals surface area contributed by atoms with Crippen molar-refractivity contribution in [3.8, 4) is 0 Å². The normalized spacial score (nSPS) is 24.0. The van der Waals surface area contributed by atoms with E-state index in [1.165, 1.54) is 63.4 Å². The van der Waals surface area contributed by atoms with Crippen LogP contribution in [0.25, 0.3) is 6.08 Å². The van der Waals surface area contributed by atoms with Gasteiger partial charge in [-0.2, -0.15) is 0 Å². The summed E-state index contributed by atoms with van der Waals surface area (Å²) in [4.78, 5) is 0. The summed E-state index contributed by atoms with van der Waals surface area (Å²) < 4.78 is 5.32. The van der Waals surface area contributed by atoms with Crippen LogP contribution < -0.4 is 3.58 Å². The molecule has 0 aromatic heterocycles. The van der Waals surface area contributed by atoms with Gasteiger partial charge < -0.3 is 0 Å². The van der Waals surface area contributed by atoms with Crippen LogP contribution in [0.3, 0.4) is 0 Å². The van der Waals surface area contributed by atoms with Gasteiger partial charge in [0.25, 0.3) is 0 Å². The molecule has 0 spiro atoms. The van der Waals surface area contributed by atoms with Gasteiger partial charge in [0.2, 0.25) is 0 Å². The molecule has 3 aliphatic carbocycles. The molecule has 0 unspecified atom stereocenters. The number of hydrogen-bond donors (Lipinski definition) is 0. The minimum atomic E-state index is -2.56. The van der Waals surface area contributed by atoms with E-state index in [1.54, 1.807) is 38.5 Å². The van der Waals surface area contributed by atoms with Crippen LogP contribution >= 0.6 is 0 Å². The molecule has 0 atom stereocenters. The molecule has 3 aliphatic rings. The second-order valence-electron chi connectivity index (χ2n) is 9.76. The van der Waals surface area contributed by atoms with E-state index in [2.05, 4.69) is 30.8 Å². The topological polar surface area (TPSA) is 0 Å². The van der Waals surface area contributed by atoms with Gasteiger partial charge in [0.1, 0.15) is 0 Å². The van der Waals surface area contributed by atoms with Gasteiger partial charge in [0.05, 0.1) is 0 Å². The van der Waals surface area contributed by atoms with Gasteiger partial charge in [-0.3, -0.25) is 0 Å². The Morgan fingerprint density at radius 3 is 1.30 bits per heavy atom. The van der Waals surface area contributed by atoms with Crippen LogP contribution in [0.15, 0.2) is 30.8 Å². The summed E-state index contributed by atoms with van der Waals surface area (Å²) in [7, 11) is 0. The van der Waals surface area contributed by atoms with Gasteiger partial charge in [0.15, 0.2) is 0 Å². The Morgan fingerprint density at radius 2 is 0.963 bits per heavy atom. The van der Waals surface area contributed by atoms with Crippen LogP contribution in [-0.2, 0) is 0 Å². The molecule has 1 aromatic carbocycles. The second-order valence-corrected chi connectivity index (χ2v) is 23.7. The third-order valence-corrected chi connectivity index (χ3v) is 28.8. The van der Waals surface area contributed by atoms with E-state index in [1.807, 2.05) is 9.66 Å². The average Bonchev–Trinajstić information content (AvgIpc) is 2.77. The molecule has 0 amide bonds. The summed E-state index contributed by atoms with van der Waals surface area (Å²) in [5.41, 5.74) is 1.31. The first-order chi connectivity index (χ1) is 13.4. The molecule has 4 rings (SSSR count). The SMILES string of the molecule is C=Cc1cc[c]([Sn]([CH]2CCCCC2)([CH]2CCCCC2)[CH]2CCCCC2)cc1. The fourth-order valence-electron chi connectivity index (χ4n) is 7.36. The van der Waals surface area contributed by atoms with Crippen molar-refractivity contribution in [2.75, 3.05) is 0 Å². The molecule has 3 fully saturated rings.